The van der Waals surface area contributed by atoms with Gasteiger partial charge in [-0.05, 0) is 37.3 Å². The molecule has 0 bridgehead atoms. The van der Waals surface area contributed by atoms with Gasteiger partial charge in [-0.25, -0.2) is 18.6 Å². The van der Waals surface area contributed by atoms with Gasteiger partial charge < -0.3 is 5.11 Å². The highest BCUT2D eigenvalue weighted by atomic mass is 32.2. The van der Waals surface area contributed by atoms with Gasteiger partial charge in [-0.1, -0.05) is 11.8 Å². The van der Waals surface area contributed by atoms with Crippen LogP contribution in [0.15, 0.2) is 40.3 Å². The van der Waals surface area contributed by atoms with Crippen LogP contribution in [-0.2, 0) is 0 Å². The maximum atomic E-state index is 13.5. The lowest BCUT2D eigenvalue weighted by atomic mass is 10.2. The summed E-state index contributed by atoms with van der Waals surface area (Å²) in [6.45, 7) is 1.69. The smallest absolute Gasteiger partial charge is 0.338 e. The molecule has 0 atom stereocenters. The first-order valence-electron chi connectivity index (χ1n) is 5.31. The van der Waals surface area contributed by atoms with Crippen molar-refractivity contribution in [2.24, 2.45) is 0 Å². The molecule has 3 nitrogen and oxygen atoms in total. The van der Waals surface area contributed by atoms with Gasteiger partial charge in [0.25, 0.3) is 0 Å². The van der Waals surface area contributed by atoms with Crippen LogP contribution in [0.25, 0.3) is 0 Å². The van der Waals surface area contributed by atoms with Crippen LogP contribution in [0.5, 0.6) is 0 Å². The number of carboxylic acids is 1. The molecule has 0 aliphatic carbocycles. The second-order valence-electron chi connectivity index (χ2n) is 3.79. The molecule has 0 saturated heterocycles. The van der Waals surface area contributed by atoms with E-state index in [1.54, 1.807) is 13.0 Å². The van der Waals surface area contributed by atoms with E-state index < -0.39 is 17.6 Å². The van der Waals surface area contributed by atoms with Crippen LogP contribution < -0.4 is 0 Å². The largest absolute Gasteiger partial charge is 0.478 e. The van der Waals surface area contributed by atoms with Crippen molar-refractivity contribution in [2.75, 3.05) is 0 Å². The van der Waals surface area contributed by atoms with Gasteiger partial charge >= 0.3 is 5.97 Å². The van der Waals surface area contributed by atoms with Crippen molar-refractivity contribution in [1.29, 1.82) is 0 Å². The predicted octanol–water partition coefficient (Wildman–Crippen LogP) is 3.52. The van der Waals surface area contributed by atoms with E-state index >= 15 is 0 Å². The molecule has 0 amide bonds. The van der Waals surface area contributed by atoms with Gasteiger partial charge in [-0.15, -0.1) is 0 Å². The number of aromatic nitrogens is 1. The summed E-state index contributed by atoms with van der Waals surface area (Å²) < 4.78 is 26.6. The van der Waals surface area contributed by atoms with Crippen LogP contribution in [0, 0.1) is 18.6 Å². The molecule has 2 rings (SSSR count). The summed E-state index contributed by atoms with van der Waals surface area (Å²) in [5.74, 6) is -2.37. The van der Waals surface area contributed by atoms with Crippen molar-refractivity contribution in [1.82, 2.24) is 4.98 Å². The van der Waals surface area contributed by atoms with Crippen LogP contribution in [0.3, 0.4) is 0 Å². The number of aryl methyl sites for hydroxylation is 1. The Morgan fingerprint density at radius 3 is 2.68 bits per heavy atom. The van der Waals surface area contributed by atoms with E-state index in [9.17, 15) is 13.6 Å². The maximum Gasteiger partial charge on any atom is 0.338 e. The lowest BCUT2D eigenvalue weighted by Gasteiger charge is -2.07. The fourth-order valence-electron chi connectivity index (χ4n) is 1.43. The first-order chi connectivity index (χ1) is 8.97. The minimum atomic E-state index is -1.16. The maximum absolute atomic E-state index is 13.5. The second kappa shape index (κ2) is 5.36. The number of hydrogen-bond donors (Lipinski definition) is 1. The van der Waals surface area contributed by atoms with Crippen molar-refractivity contribution >= 4 is 17.7 Å². The first kappa shape index (κ1) is 13.5. The summed E-state index contributed by atoms with van der Waals surface area (Å²) in [6.07, 6.45) is 0. The van der Waals surface area contributed by atoms with Crippen molar-refractivity contribution in [3.63, 3.8) is 0 Å². The highest BCUT2D eigenvalue weighted by Gasteiger charge is 2.15. The Bertz CT molecular complexity index is 647. The predicted molar refractivity (Wildman–Crippen MR) is 66.4 cm³/mol. The zero-order valence-electron chi connectivity index (χ0n) is 9.85. The van der Waals surface area contributed by atoms with Gasteiger partial charge in [0.2, 0.25) is 0 Å². The summed E-state index contributed by atoms with van der Waals surface area (Å²) >= 11 is 0.791. The number of benzene rings is 1. The average Bonchev–Trinajstić information content (AvgIpc) is 2.33. The van der Waals surface area contributed by atoms with Gasteiger partial charge in [0.05, 0.1) is 10.5 Å². The SMILES string of the molecule is Cc1ccc(C(=O)O)c(Sc2cc(F)ccc2F)n1. The van der Waals surface area contributed by atoms with E-state index in [0.717, 1.165) is 30.0 Å². The van der Waals surface area contributed by atoms with Crippen LogP contribution in [0.4, 0.5) is 8.78 Å². The summed E-state index contributed by atoms with van der Waals surface area (Å²) in [7, 11) is 0. The highest BCUT2D eigenvalue weighted by Crippen LogP contribution is 2.31. The highest BCUT2D eigenvalue weighted by molar-refractivity contribution is 7.99. The Morgan fingerprint density at radius 1 is 1.26 bits per heavy atom. The molecule has 0 saturated carbocycles. The topological polar surface area (TPSA) is 50.2 Å². The number of carbonyl (C=O) groups is 1. The van der Waals surface area contributed by atoms with Crippen LogP contribution >= 0.6 is 11.8 Å². The molecule has 98 valence electrons. The van der Waals surface area contributed by atoms with Crippen LogP contribution in [0.2, 0.25) is 0 Å². The summed E-state index contributed by atoms with van der Waals surface area (Å²) in [5, 5.41) is 9.17. The molecule has 6 heteroatoms. The molecule has 0 radical (unpaired) electrons. The van der Waals surface area contributed by atoms with Gasteiger partial charge in [-0.2, -0.15) is 0 Å². The Morgan fingerprint density at radius 2 is 2.00 bits per heavy atom. The number of aromatic carboxylic acids is 1. The van der Waals surface area contributed by atoms with Crippen molar-refractivity contribution < 1.29 is 18.7 Å². The molecular weight excluding hydrogens is 272 g/mol. The monoisotopic (exact) mass is 281 g/mol. The molecule has 0 unspecified atom stereocenters. The minimum Gasteiger partial charge on any atom is -0.478 e. The van der Waals surface area contributed by atoms with Gasteiger partial charge in [0.1, 0.15) is 16.7 Å². The van der Waals surface area contributed by atoms with Crippen molar-refractivity contribution in [3.8, 4) is 0 Å². The summed E-state index contributed by atoms with van der Waals surface area (Å²) in [4.78, 5) is 15.1. The van der Waals surface area contributed by atoms with Crippen LogP contribution in [0.1, 0.15) is 16.1 Å². The molecule has 1 heterocycles. The molecule has 0 spiro atoms. The number of carboxylic acid groups (broad SMARTS) is 1. The molecule has 1 aromatic heterocycles. The minimum absolute atomic E-state index is 0.000556. The number of pyridine rings is 1. The Hall–Kier alpha value is -1.95. The van der Waals surface area contributed by atoms with Crippen molar-refractivity contribution in [2.45, 2.75) is 16.8 Å². The lowest BCUT2D eigenvalue weighted by Crippen LogP contribution is -2.02. The summed E-state index contributed by atoms with van der Waals surface area (Å²) in [5.41, 5.74) is 0.559. The Kier molecular flexibility index (Phi) is 3.80. The fraction of sp³-hybridized carbons (Fsp3) is 0.0769. The van der Waals surface area contributed by atoms with E-state index in [1.807, 2.05) is 0 Å². The molecule has 2 aromatic rings. The second-order valence-corrected chi connectivity index (χ2v) is 4.82. The number of halogens is 2. The van der Waals surface area contributed by atoms with E-state index in [-0.39, 0.29) is 15.5 Å². The third kappa shape index (κ3) is 3.08. The quantitative estimate of drug-likeness (QED) is 0.935. The van der Waals surface area contributed by atoms with E-state index in [2.05, 4.69) is 4.98 Å². The van der Waals surface area contributed by atoms with E-state index in [1.165, 1.54) is 6.07 Å². The molecule has 0 fully saturated rings. The Balaban J connectivity index is 2.45. The normalized spacial score (nSPS) is 10.5. The van der Waals surface area contributed by atoms with Crippen LogP contribution in [-0.4, -0.2) is 16.1 Å². The van der Waals surface area contributed by atoms with E-state index in [0.29, 0.717) is 5.69 Å². The molecule has 19 heavy (non-hydrogen) atoms. The third-order valence-corrected chi connectivity index (χ3v) is 3.37. The zero-order valence-corrected chi connectivity index (χ0v) is 10.7. The standard InChI is InChI=1S/C13H9F2NO2S/c1-7-2-4-9(13(17)18)12(16-7)19-11-6-8(14)3-5-10(11)15/h2-6H,1H3,(H,17,18). The van der Waals surface area contributed by atoms with E-state index in [4.69, 9.17) is 5.11 Å². The molecule has 0 aliphatic heterocycles. The lowest BCUT2D eigenvalue weighted by molar-refractivity contribution is 0.0692. The molecule has 1 N–H and O–H groups in total. The van der Waals surface area contributed by atoms with Gasteiger partial charge in [0.15, 0.2) is 0 Å². The first-order valence-corrected chi connectivity index (χ1v) is 6.13. The fourth-order valence-corrected chi connectivity index (χ4v) is 2.43. The number of hydrogen-bond acceptors (Lipinski definition) is 3. The molecular formula is C13H9F2NO2S. The Labute approximate surface area is 112 Å². The van der Waals surface area contributed by atoms with Gasteiger partial charge in [-0.3, -0.25) is 0 Å². The van der Waals surface area contributed by atoms with Gasteiger partial charge in [0, 0.05) is 5.69 Å². The number of nitrogens with zero attached hydrogens (tertiary/aromatic N) is 1. The molecule has 0 aliphatic rings. The average molecular weight is 281 g/mol. The van der Waals surface area contributed by atoms with Crippen molar-refractivity contribution in [3.05, 3.63) is 53.2 Å². The third-order valence-electron chi connectivity index (χ3n) is 2.33. The zero-order chi connectivity index (χ0) is 14.0. The molecule has 1 aromatic carbocycles. The summed E-state index contributed by atoms with van der Waals surface area (Å²) in [6, 6.07) is 5.95. The number of rotatable bonds is 3.